The molecule has 3 aromatic carbocycles. The van der Waals surface area contributed by atoms with Crippen LogP contribution in [-0.4, -0.2) is 49.3 Å². The Hall–Kier alpha value is -3.92. The van der Waals surface area contributed by atoms with Gasteiger partial charge in [-0.15, -0.1) is 0 Å². The summed E-state index contributed by atoms with van der Waals surface area (Å²) in [5, 5.41) is 2.87. The van der Waals surface area contributed by atoms with Crippen molar-refractivity contribution in [2.75, 3.05) is 39.3 Å². The summed E-state index contributed by atoms with van der Waals surface area (Å²) < 4.78 is 49.9. The Morgan fingerprint density at radius 2 is 1.46 bits per heavy atom. The van der Waals surface area contributed by atoms with E-state index in [1.165, 1.54) is 27.4 Å². The van der Waals surface area contributed by atoms with Gasteiger partial charge in [0.1, 0.15) is 22.9 Å². The number of carbonyl (C=O) groups is 1. The second-order valence-electron chi connectivity index (χ2n) is 8.27. The van der Waals surface area contributed by atoms with Crippen molar-refractivity contribution in [2.45, 2.75) is 24.8 Å². The Balaban J connectivity index is 1.95. The summed E-state index contributed by atoms with van der Waals surface area (Å²) in [4.78, 5) is 13.1. The molecule has 3 rings (SSSR count). The van der Waals surface area contributed by atoms with E-state index in [2.05, 4.69) is 5.32 Å². The first-order chi connectivity index (χ1) is 17.6. The molecule has 0 fully saturated rings. The van der Waals surface area contributed by atoms with Gasteiger partial charge in [-0.3, -0.25) is 9.10 Å². The van der Waals surface area contributed by atoms with Gasteiger partial charge in [0.2, 0.25) is 5.91 Å². The number of methoxy groups -OCH3 is 4. The molecule has 1 N–H and O–H groups in total. The molecule has 0 spiro atoms. The van der Waals surface area contributed by atoms with Crippen LogP contribution in [0.3, 0.4) is 0 Å². The molecular formula is C27H32N2O7S. The van der Waals surface area contributed by atoms with Crippen molar-refractivity contribution in [3.05, 3.63) is 71.8 Å². The monoisotopic (exact) mass is 528 g/mol. The largest absolute Gasteiger partial charge is 0.497 e. The Kier molecular flexibility index (Phi) is 8.88. The van der Waals surface area contributed by atoms with Crippen LogP contribution in [0.25, 0.3) is 0 Å². The number of benzene rings is 3. The van der Waals surface area contributed by atoms with Gasteiger partial charge < -0.3 is 24.3 Å². The van der Waals surface area contributed by atoms with Crippen LogP contribution in [-0.2, 0) is 14.8 Å². The number of hydrogen-bond donors (Lipinski definition) is 1. The number of ether oxygens (including phenoxy) is 4. The second-order valence-corrected chi connectivity index (χ2v) is 10.1. The molecule has 0 aliphatic heterocycles. The minimum absolute atomic E-state index is 0.0356. The molecular weight excluding hydrogens is 496 g/mol. The van der Waals surface area contributed by atoms with Gasteiger partial charge in [-0.1, -0.05) is 12.1 Å². The van der Waals surface area contributed by atoms with Crippen LogP contribution in [0.2, 0.25) is 0 Å². The molecule has 198 valence electrons. The fourth-order valence-corrected chi connectivity index (χ4v) is 5.46. The van der Waals surface area contributed by atoms with Gasteiger partial charge in [-0.25, -0.2) is 8.42 Å². The minimum Gasteiger partial charge on any atom is -0.497 e. The van der Waals surface area contributed by atoms with E-state index >= 15 is 0 Å². The lowest BCUT2D eigenvalue weighted by atomic mass is 10.1. The number of sulfonamides is 1. The van der Waals surface area contributed by atoms with Gasteiger partial charge in [0, 0.05) is 0 Å². The Morgan fingerprint density at radius 1 is 0.838 bits per heavy atom. The normalized spacial score (nSPS) is 11.8. The fraction of sp³-hybridized carbons (Fsp3) is 0.296. The third kappa shape index (κ3) is 6.26. The van der Waals surface area contributed by atoms with Crippen molar-refractivity contribution in [2.24, 2.45) is 0 Å². The molecule has 0 aliphatic rings. The van der Waals surface area contributed by atoms with Gasteiger partial charge in [0.25, 0.3) is 10.0 Å². The highest BCUT2D eigenvalue weighted by atomic mass is 32.2. The van der Waals surface area contributed by atoms with Crippen LogP contribution in [0.4, 0.5) is 5.69 Å². The van der Waals surface area contributed by atoms with Crippen LogP contribution < -0.4 is 28.6 Å². The summed E-state index contributed by atoms with van der Waals surface area (Å²) in [6, 6.07) is 16.2. The van der Waals surface area contributed by atoms with Gasteiger partial charge >= 0.3 is 0 Å². The third-order valence-corrected chi connectivity index (χ3v) is 7.61. The predicted molar refractivity (Wildman–Crippen MR) is 141 cm³/mol. The van der Waals surface area contributed by atoms with Crippen molar-refractivity contribution >= 4 is 21.6 Å². The van der Waals surface area contributed by atoms with E-state index in [4.69, 9.17) is 18.9 Å². The summed E-state index contributed by atoms with van der Waals surface area (Å²) in [7, 11) is 1.81. The zero-order chi connectivity index (χ0) is 27.2. The maximum Gasteiger partial charge on any atom is 0.268 e. The summed E-state index contributed by atoms with van der Waals surface area (Å²) in [6.45, 7) is 3.13. The lowest BCUT2D eigenvalue weighted by molar-refractivity contribution is -0.120. The lowest BCUT2D eigenvalue weighted by Crippen LogP contribution is -2.41. The van der Waals surface area contributed by atoms with Crippen LogP contribution >= 0.6 is 0 Å². The van der Waals surface area contributed by atoms with Crippen molar-refractivity contribution in [3.8, 4) is 23.0 Å². The summed E-state index contributed by atoms with van der Waals surface area (Å²) in [6.07, 6.45) is 0. The quantitative estimate of drug-likeness (QED) is 0.400. The van der Waals surface area contributed by atoms with E-state index in [1.807, 2.05) is 6.07 Å². The number of carbonyl (C=O) groups excluding carboxylic acids is 1. The zero-order valence-corrected chi connectivity index (χ0v) is 22.6. The average molecular weight is 529 g/mol. The van der Waals surface area contributed by atoms with E-state index in [0.717, 1.165) is 15.4 Å². The van der Waals surface area contributed by atoms with Crippen molar-refractivity contribution in [1.29, 1.82) is 0 Å². The molecule has 0 aromatic heterocycles. The predicted octanol–water partition coefficient (Wildman–Crippen LogP) is 4.10. The summed E-state index contributed by atoms with van der Waals surface area (Å²) in [5.74, 6) is 1.33. The number of nitrogens with one attached hydrogen (secondary N) is 1. The minimum atomic E-state index is -4.18. The molecule has 10 heteroatoms. The Labute approximate surface area is 218 Å². The van der Waals surface area contributed by atoms with Gasteiger partial charge in [-0.2, -0.15) is 0 Å². The van der Waals surface area contributed by atoms with Crippen molar-refractivity contribution in [1.82, 2.24) is 5.32 Å². The van der Waals surface area contributed by atoms with Crippen LogP contribution in [0.15, 0.2) is 65.6 Å². The number of aryl methyl sites for hydroxylation is 1. The fourth-order valence-electron chi connectivity index (χ4n) is 3.79. The van der Waals surface area contributed by atoms with E-state index < -0.39 is 28.5 Å². The standard InChI is InChI=1S/C27H32N2O7S/c1-18-7-13-24(35-5)26(15-18)37(31,32)29(21-9-11-22(33-3)12-10-21)17-27(30)28-19(2)20-8-14-23(34-4)25(16-20)36-6/h7-16,19H,17H2,1-6H3,(H,28,30)/t19-/m0/s1. The molecule has 0 unspecified atom stereocenters. The number of hydrogen-bond acceptors (Lipinski definition) is 7. The van der Waals surface area contributed by atoms with Gasteiger partial charge in [0.15, 0.2) is 11.5 Å². The summed E-state index contributed by atoms with van der Waals surface area (Å²) in [5.41, 5.74) is 1.81. The van der Waals surface area contributed by atoms with Gasteiger partial charge in [-0.05, 0) is 73.5 Å². The molecule has 0 saturated carbocycles. The van der Waals surface area contributed by atoms with E-state index in [0.29, 0.717) is 22.9 Å². The number of rotatable bonds is 11. The highest BCUT2D eigenvalue weighted by Crippen LogP contribution is 2.32. The first kappa shape index (κ1) is 27.7. The number of nitrogens with zero attached hydrogens (tertiary/aromatic N) is 1. The molecule has 0 radical (unpaired) electrons. The van der Waals surface area contributed by atoms with E-state index in [1.54, 1.807) is 69.5 Å². The molecule has 0 heterocycles. The Morgan fingerprint density at radius 3 is 2.05 bits per heavy atom. The Bertz CT molecular complexity index is 1340. The second kappa shape index (κ2) is 11.9. The highest BCUT2D eigenvalue weighted by molar-refractivity contribution is 7.93. The van der Waals surface area contributed by atoms with Crippen molar-refractivity contribution < 1.29 is 32.2 Å². The van der Waals surface area contributed by atoms with Crippen LogP contribution in [0.5, 0.6) is 23.0 Å². The van der Waals surface area contributed by atoms with E-state index in [9.17, 15) is 13.2 Å². The van der Waals surface area contributed by atoms with Crippen molar-refractivity contribution in [3.63, 3.8) is 0 Å². The number of amides is 1. The number of anilines is 1. The average Bonchev–Trinajstić information content (AvgIpc) is 2.91. The molecule has 9 nitrogen and oxygen atoms in total. The SMILES string of the molecule is COc1ccc(N(CC(=O)N[C@@H](C)c2ccc(OC)c(OC)c2)S(=O)(=O)c2cc(C)ccc2OC)cc1. The van der Waals surface area contributed by atoms with E-state index in [-0.39, 0.29) is 10.6 Å². The topological polar surface area (TPSA) is 103 Å². The zero-order valence-electron chi connectivity index (χ0n) is 21.8. The molecule has 0 aliphatic carbocycles. The van der Waals surface area contributed by atoms with Gasteiger partial charge in [0.05, 0.1) is 40.2 Å². The highest BCUT2D eigenvalue weighted by Gasteiger charge is 2.30. The molecule has 1 atom stereocenters. The molecule has 3 aromatic rings. The molecule has 1 amide bonds. The molecule has 0 saturated heterocycles. The smallest absolute Gasteiger partial charge is 0.268 e. The van der Waals surface area contributed by atoms with Crippen LogP contribution in [0, 0.1) is 6.92 Å². The maximum absolute atomic E-state index is 13.9. The maximum atomic E-state index is 13.9. The third-order valence-electron chi connectivity index (χ3n) is 5.82. The first-order valence-electron chi connectivity index (χ1n) is 11.5. The molecule has 37 heavy (non-hydrogen) atoms. The first-order valence-corrected chi connectivity index (χ1v) is 12.9. The lowest BCUT2D eigenvalue weighted by Gasteiger charge is -2.26. The summed E-state index contributed by atoms with van der Waals surface area (Å²) >= 11 is 0. The van der Waals surface area contributed by atoms with Crippen LogP contribution in [0.1, 0.15) is 24.1 Å². The molecule has 0 bridgehead atoms.